The molecule has 2 aromatic carbocycles. The lowest BCUT2D eigenvalue weighted by atomic mass is 10.1. The third-order valence-electron chi connectivity index (χ3n) is 4.80. The number of ether oxygens (including phenoxy) is 1. The van der Waals surface area contributed by atoms with Crippen LogP contribution in [0.5, 0.6) is 0 Å². The second-order valence-corrected chi connectivity index (χ2v) is 6.78. The molecule has 0 bridgehead atoms. The van der Waals surface area contributed by atoms with Gasteiger partial charge in [-0.2, -0.15) is 5.26 Å². The molecule has 0 unspecified atom stereocenters. The summed E-state index contributed by atoms with van der Waals surface area (Å²) in [4.78, 5) is 23.3. The van der Waals surface area contributed by atoms with E-state index in [0.29, 0.717) is 0 Å². The largest absolute Gasteiger partial charge is 0.448 e. The van der Waals surface area contributed by atoms with Crippen LogP contribution in [0.15, 0.2) is 54.1 Å². The number of nitriles is 1. The van der Waals surface area contributed by atoms with Crippen molar-refractivity contribution in [3.63, 3.8) is 0 Å². The van der Waals surface area contributed by atoms with Gasteiger partial charge in [0.1, 0.15) is 11.6 Å². The summed E-state index contributed by atoms with van der Waals surface area (Å²) in [6, 6.07) is 17.9. The fourth-order valence-corrected chi connectivity index (χ4v) is 3.28. The summed E-state index contributed by atoms with van der Waals surface area (Å²) in [5.41, 5.74) is 8.49. The van der Waals surface area contributed by atoms with Crippen molar-refractivity contribution in [3.05, 3.63) is 71.1 Å². The molecule has 6 heteroatoms. The van der Waals surface area contributed by atoms with Crippen LogP contribution in [0.3, 0.4) is 0 Å². The Morgan fingerprint density at radius 3 is 2.55 bits per heavy atom. The molecule has 0 aliphatic carbocycles. The Balaban J connectivity index is 2.05. The van der Waals surface area contributed by atoms with Gasteiger partial charge < -0.3 is 15.0 Å². The standard InChI is InChI=1S/C23H21N3O3/c1-14-11-18(12-19(13-24)23(28)29-16(3)22(25)27)15(2)26(14)21-10-6-8-17-7-4-5-9-20(17)21/h4-12,16H,1-3H3,(H2,25,27)/b19-12-/t16-/m1/s1. The third kappa shape index (κ3) is 3.90. The summed E-state index contributed by atoms with van der Waals surface area (Å²) in [5.74, 6) is -1.65. The molecule has 2 N–H and O–H groups in total. The van der Waals surface area contributed by atoms with Gasteiger partial charge in [-0.1, -0.05) is 36.4 Å². The quantitative estimate of drug-likeness (QED) is 0.411. The van der Waals surface area contributed by atoms with E-state index in [0.717, 1.165) is 33.4 Å². The molecule has 1 atom stereocenters. The highest BCUT2D eigenvalue weighted by Crippen LogP contribution is 2.28. The minimum Gasteiger partial charge on any atom is -0.448 e. The molecule has 1 amide bonds. The number of nitrogens with zero attached hydrogens (tertiary/aromatic N) is 2. The summed E-state index contributed by atoms with van der Waals surface area (Å²) in [7, 11) is 0. The number of benzene rings is 2. The van der Waals surface area contributed by atoms with Crippen LogP contribution in [0.1, 0.15) is 23.9 Å². The third-order valence-corrected chi connectivity index (χ3v) is 4.80. The Kier molecular flexibility index (Phi) is 5.51. The zero-order valence-corrected chi connectivity index (χ0v) is 16.5. The molecule has 0 radical (unpaired) electrons. The summed E-state index contributed by atoms with van der Waals surface area (Å²) in [6.07, 6.45) is 0.363. The smallest absolute Gasteiger partial charge is 0.349 e. The van der Waals surface area contributed by atoms with E-state index < -0.39 is 18.0 Å². The van der Waals surface area contributed by atoms with Crippen molar-refractivity contribution in [2.24, 2.45) is 5.73 Å². The second kappa shape index (κ2) is 8.03. The number of hydrogen-bond donors (Lipinski definition) is 1. The first kappa shape index (κ1) is 19.9. The highest BCUT2D eigenvalue weighted by atomic mass is 16.5. The highest BCUT2D eigenvalue weighted by molar-refractivity contribution is 5.99. The minimum atomic E-state index is -1.11. The zero-order chi connectivity index (χ0) is 21.1. The molecule has 0 saturated heterocycles. The number of amides is 1. The molecule has 0 saturated carbocycles. The first-order valence-corrected chi connectivity index (χ1v) is 9.12. The van der Waals surface area contributed by atoms with E-state index >= 15 is 0 Å². The summed E-state index contributed by atoms with van der Waals surface area (Å²) in [6.45, 7) is 5.25. The van der Waals surface area contributed by atoms with Crippen molar-refractivity contribution in [2.45, 2.75) is 26.9 Å². The SMILES string of the molecule is Cc1cc(/C=C(/C#N)C(=O)O[C@H](C)C(N)=O)c(C)n1-c1cccc2ccccc12. The normalized spacial score (nSPS) is 12.4. The molecule has 0 fully saturated rings. The molecule has 0 spiro atoms. The maximum atomic E-state index is 12.2. The van der Waals surface area contributed by atoms with E-state index in [9.17, 15) is 14.9 Å². The van der Waals surface area contributed by atoms with Gasteiger partial charge in [0.2, 0.25) is 0 Å². The van der Waals surface area contributed by atoms with Crippen molar-refractivity contribution in [1.29, 1.82) is 5.26 Å². The Morgan fingerprint density at radius 1 is 1.17 bits per heavy atom. The number of esters is 1. The maximum Gasteiger partial charge on any atom is 0.349 e. The molecular formula is C23H21N3O3. The minimum absolute atomic E-state index is 0.198. The van der Waals surface area contributed by atoms with Crippen molar-refractivity contribution in [1.82, 2.24) is 4.57 Å². The number of rotatable bonds is 5. The van der Waals surface area contributed by atoms with Crippen molar-refractivity contribution in [3.8, 4) is 11.8 Å². The number of hydrogen-bond acceptors (Lipinski definition) is 4. The van der Waals surface area contributed by atoms with Crippen LogP contribution in [0, 0.1) is 25.2 Å². The lowest BCUT2D eigenvalue weighted by molar-refractivity contribution is -0.149. The van der Waals surface area contributed by atoms with Gasteiger partial charge in [0.25, 0.3) is 5.91 Å². The number of aryl methyl sites for hydroxylation is 1. The van der Waals surface area contributed by atoms with Crippen molar-refractivity contribution < 1.29 is 14.3 Å². The number of carbonyl (C=O) groups excluding carboxylic acids is 2. The molecular weight excluding hydrogens is 366 g/mol. The average Bonchev–Trinajstić information content (AvgIpc) is 2.98. The van der Waals surface area contributed by atoms with Crippen LogP contribution in [0.4, 0.5) is 0 Å². The highest BCUT2D eigenvalue weighted by Gasteiger charge is 2.19. The van der Waals surface area contributed by atoms with Crippen molar-refractivity contribution >= 4 is 28.7 Å². The van der Waals surface area contributed by atoms with Gasteiger partial charge in [-0.3, -0.25) is 4.79 Å². The van der Waals surface area contributed by atoms with Gasteiger partial charge >= 0.3 is 5.97 Å². The maximum absolute atomic E-state index is 12.2. The first-order valence-electron chi connectivity index (χ1n) is 9.12. The van der Waals surface area contributed by atoms with Crippen LogP contribution < -0.4 is 5.73 Å². The number of fused-ring (bicyclic) bond motifs is 1. The number of primary amides is 1. The van der Waals surface area contributed by atoms with E-state index in [4.69, 9.17) is 10.5 Å². The van der Waals surface area contributed by atoms with Crippen molar-refractivity contribution in [2.75, 3.05) is 0 Å². The van der Waals surface area contributed by atoms with Crippen LogP contribution in [0.2, 0.25) is 0 Å². The van der Waals surface area contributed by atoms with E-state index in [1.165, 1.54) is 13.0 Å². The molecule has 0 aliphatic rings. The molecule has 6 nitrogen and oxygen atoms in total. The van der Waals surface area contributed by atoms with Gasteiger partial charge in [-0.25, -0.2) is 4.79 Å². The Labute approximate surface area is 168 Å². The van der Waals surface area contributed by atoms with Crippen LogP contribution in [-0.4, -0.2) is 22.5 Å². The lowest BCUT2D eigenvalue weighted by Gasteiger charge is -2.13. The summed E-state index contributed by atoms with van der Waals surface area (Å²) < 4.78 is 7.03. The second-order valence-electron chi connectivity index (χ2n) is 6.78. The molecule has 3 rings (SSSR count). The molecule has 1 aromatic heterocycles. The number of carbonyl (C=O) groups is 2. The first-order chi connectivity index (χ1) is 13.8. The van der Waals surface area contributed by atoms with E-state index in [2.05, 4.69) is 22.8 Å². The van der Waals surface area contributed by atoms with Gasteiger partial charge in [0.05, 0.1) is 5.69 Å². The fraction of sp³-hybridized carbons (Fsp3) is 0.174. The predicted molar refractivity (Wildman–Crippen MR) is 111 cm³/mol. The molecule has 0 aliphatic heterocycles. The molecule has 29 heavy (non-hydrogen) atoms. The van der Waals surface area contributed by atoms with E-state index in [1.54, 1.807) is 0 Å². The Hall–Kier alpha value is -3.85. The molecule has 3 aromatic rings. The fourth-order valence-electron chi connectivity index (χ4n) is 3.28. The topological polar surface area (TPSA) is 98.1 Å². The van der Waals surface area contributed by atoms with Gasteiger partial charge in [0.15, 0.2) is 6.10 Å². The number of nitrogens with two attached hydrogens (primary N) is 1. The van der Waals surface area contributed by atoms with Crippen LogP contribution in [0.25, 0.3) is 22.5 Å². The predicted octanol–water partition coefficient (Wildman–Crippen LogP) is 3.57. The molecule has 146 valence electrons. The Morgan fingerprint density at radius 2 is 1.86 bits per heavy atom. The number of aromatic nitrogens is 1. The van der Waals surface area contributed by atoms with Gasteiger partial charge in [-0.15, -0.1) is 0 Å². The average molecular weight is 387 g/mol. The zero-order valence-electron chi connectivity index (χ0n) is 16.5. The van der Waals surface area contributed by atoms with E-state index in [1.807, 2.05) is 50.2 Å². The van der Waals surface area contributed by atoms with Gasteiger partial charge in [0, 0.05) is 16.8 Å². The van der Waals surface area contributed by atoms with Crippen LogP contribution >= 0.6 is 0 Å². The van der Waals surface area contributed by atoms with Gasteiger partial charge in [-0.05, 0) is 49.9 Å². The summed E-state index contributed by atoms with van der Waals surface area (Å²) in [5, 5.41) is 11.6. The lowest BCUT2D eigenvalue weighted by Crippen LogP contribution is -2.30. The van der Waals surface area contributed by atoms with E-state index in [-0.39, 0.29) is 5.57 Å². The summed E-state index contributed by atoms with van der Waals surface area (Å²) >= 11 is 0. The van der Waals surface area contributed by atoms with Crippen LogP contribution in [-0.2, 0) is 14.3 Å². The molecule has 1 heterocycles. The monoisotopic (exact) mass is 387 g/mol. The Bertz CT molecular complexity index is 1180.